The van der Waals surface area contributed by atoms with E-state index in [1.54, 1.807) is 48.5 Å². The molecule has 0 spiro atoms. The number of hydrogen-bond acceptors (Lipinski definition) is 4. The minimum atomic E-state index is -0.446. The maximum atomic E-state index is 12.1. The minimum absolute atomic E-state index is 0.0472. The van der Waals surface area contributed by atoms with Gasteiger partial charge in [0.25, 0.3) is 5.91 Å². The van der Waals surface area contributed by atoms with E-state index in [9.17, 15) is 14.4 Å². The van der Waals surface area contributed by atoms with Crippen LogP contribution in [0, 0.1) is 5.41 Å². The highest BCUT2D eigenvalue weighted by molar-refractivity contribution is 6.04. The Morgan fingerprint density at radius 3 is 2.18 bits per heavy atom. The van der Waals surface area contributed by atoms with Gasteiger partial charge in [0.05, 0.1) is 0 Å². The van der Waals surface area contributed by atoms with Crippen molar-refractivity contribution in [3.63, 3.8) is 0 Å². The second kappa shape index (κ2) is 9.69. The molecule has 0 unspecified atom stereocenters. The molecule has 6 heteroatoms. The van der Waals surface area contributed by atoms with Crippen LogP contribution in [0.25, 0.3) is 0 Å². The number of benzene rings is 2. The Labute approximate surface area is 165 Å². The van der Waals surface area contributed by atoms with Crippen molar-refractivity contribution >= 4 is 23.5 Å². The Balaban J connectivity index is 1.75. The van der Waals surface area contributed by atoms with Crippen molar-refractivity contribution in [2.75, 3.05) is 11.9 Å². The lowest BCUT2D eigenvalue weighted by atomic mass is 9.96. The van der Waals surface area contributed by atoms with Crippen molar-refractivity contribution in [1.82, 2.24) is 5.32 Å². The molecule has 148 valence electrons. The van der Waals surface area contributed by atoms with E-state index in [0.717, 1.165) is 0 Å². The first-order valence-corrected chi connectivity index (χ1v) is 9.21. The first kappa shape index (κ1) is 21.2. The van der Waals surface area contributed by atoms with Gasteiger partial charge in [0.1, 0.15) is 5.75 Å². The Bertz CT molecular complexity index is 809. The Morgan fingerprint density at radius 2 is 1.57 bits per heavy atom. The monoisotopic (exact) mass is 382 g/mol. The van der Waals surface area contributed by atoms with E-state index in [2.05, 4.69) is 10.6 Å². The van der Waals surface area contributed by atoms with Crippen LogP contribution in [0.15, 0.2) is 54.6 Å². The first-order chi connectivity index (χ1) is 13.3. The molecule has 2 rings (SSSR count). The van der Waals surface area contributed by atoms with Crippen molar-refractivity contribution in [2.24, 2.45) is 5.41 Å². The molecule has 2 aromatic carbocycles. The number of nitrogens with one attached hydrogen (secondary N) is 2. The quantitative estimate of drug-likeness (QED) is 0.433. The molecule has 0 aliphatic heterocycles. The summed E-state index contributed by atoms with van der Waals surface area (Å²) in [6, 6.07) is 15.5. The predicted octanol–water partition coefficient (Wildman–Crippen LogP) is 3.79. The van der Waals surface area contributed by atoms with Crippen LogP contribution < -0.4 is 15.4 Å². The molecule has 0 saturated heterocycles. The highest BCUT2D eigenvalue weighted by atomic mass is 16.5. The van der Waals surface area contributed by atoms with Gasteiger partial charge >= 0.3 is 5.97 Å². The molecular weight excluding hydrogens is 356 g/mol. The molecule has 2 aromatic rings. The average Bonchev–Trinajstić information content (AvgIpc) is 2.66. The van der Waals surface area contributed by atoms with Crippen LogP contribution >= 0.6 is 0 Å². The Morgan fingerprint density at radius 1 is 0.929 bits per heavy atom. The number of carbonyl (C=O) groups is 3. The molecule has 2 amide bonds. The molecule has 2 N–H and O–H groups in total. The third kappa shape index (κ3) is 6.87. The van der Waals surface area contributed by atoms with E-state index in [4.69, 9.17) is 4.74 Å². The molecule has 28 heavy (non-hydrogen) atoms. The number of rotatable bonds is 7. The largest absolute Gasteiger partial charge is 0.427 e. The Kier molecular flexibility index (Phi) is 7.32. The number of carbonyl (C=O) groups excluding carboxylic acids is 3. The van der Waals surface area contributed by atoms with Gasteiger partial charge in [0.2, 0.25) is 5.91 Å². The summed E-state index contributed by atoms with van der Waals surface area (Å²) in [4.78, 5) is 35.7. The number of anilines is 1. The third-order valence-electron chi connectivity index (χ3n) is 3.90. The molecule has 0 radical (unpaired) electrons. The summed E-state index contributed by atoms with van der Waals surface area (Å²) in [5.74, 6) is -0.218. The molecule has 0 heterocycles. The van der Waals surface area contributed by atoms with Gasteiger partial charge in [-0.2, -0.15) is 0 Å². The lowest BCUT2D eigenvalue weighted by molar-refractivity contribution is -0.135. The van der Waals surface area contributed by atoms with E-state index in [-0.39, 0.29) is 24.2 Å². The Hall–Kier alpha value is -3.15. The van der Waals surface area contributed by atoms with Crippen molar-refractivity contribution in [2.45, 2.75) is 33.6 Å². The fraction of sp³-hybridized carbons (Fsp3) is 0.318. The third-order valence-corrected chi connectivity index (χ3v) is 3.90. The van der Waals surface area contributed by atoms with Crippen LogP contribution in [0.1, 0.15) is 44.0 Å². The lowest BCUT2D eigenvalue weighted by Gasteiger charge is -2.17. The smallest absolute Gasteiger partial charge is 0.311 e. The standard InChI is InChI=1S/C22H26N2O4/c1-22(2,3)21(27)23-15-7-10-19(25)28-18-13-11-17(12-14-18)24-20(26)16-8-5-4-6-9-16/h4-6,8-9,11-14H,7,10,15H2,1-3H3,(H,23,27)(H,24,26). The average molecular weight is 382 g/mol. The maximum absolute atomic E-state index is 12.1. The summed E-state index contributed by atoms with van der Waals surface area (Å²) in [5, 5.41) is 5.58. The van der Waals surface area contributed by atoms with Crippen LogP contribution in [0.3, 0.4) is 0 Å². The van der Waals surface area contributed by atoms with Gasteiger partial charge in [-0.25, -0.2) is 0 Å². The van der Waals surface area contributed by atoms with Gasteiger partial charge < -0.3 is 15.4 Å². The van der Waals surface area contributed by atoms with Crippen LogP contribution in [0.2, 0.25) is 0 Å². The van der Waals surface area contributed by atoms with E-state index in [1.807, 2.05) is 26.8 Å². The molecule has 0 aliphatic carbocycles. The van der Waals surface area contributed by atoms with Crippen LogP contribution in [-0.2, 0) is 9.59 Å². The van der Waals surface area contributed by atoms with E-state index in [0.29, 0.717) is 30.0 Å². The van der Waals surface area contributed by atoms with Crippen molar-refractivity contribution < 1.29 is 19.1 Å². The summed E-state index contributed by atoms with van der Waals surface area (Å²) in [6.07, 6.45) is 0.711. The fourth-order valence-electron chi connectivity index (χ4n) is 2.28. The van der Waals surface area contributed by atoms with Crippen molar-refractivity contribution in [1.29, 1.82) is 0 Å². The second-order valence-electron chi connectivity index (χ2n) is 7.43. The highest BCUT2D eigenvalue weighted by Crippen LogP contribution is 2.17. The van der Waals surface area contributed by atoms with Gasteiger partial charge in [0.15, 0.2) is 0 Å². The van der Waals surface area contributed by atoms with Gasteiger partial charge in [-0.1, -0.05) is 39.0 Å². The summed E-state index contributed by atoms with van der Waals surface area (Å²) in [5.41, 5.74) is 0.730. The van der Waals surface area contributed by atoms with E-state index < -0.39 is 5.41 Å². The molecular formula is C22H26N2O4. The zero-order valence-electron chi connectivity index (χ0n) is 16.5. The number of esters is 1. The maximum Gasteiger partial charge on any atom is 0.311 e. The molecule has 6 nitrogen and oxygen atoms in total. The summed E-state index contributed by atoms with van der Waals surface area (Å²) >= 11 is 0. The van der Waals surface area contributed by atoms with Crippen molar-refractivity contribution in [3.05, 3.63) is 60.2 Å². The number of ether oxygens (including phenoxy) is 1. The van der Waals surface area contributed by atoms with E-state index in [1.165, 1.54) is 0 Å². The van der Waals surface area contributed by atoms with Crippen LogP contribution in [0.4, 0.5) is 5.69 Å². The van der Waals surface area contributed by atoms with E-state index >= 15 is 0 Å². The second-order valence-corrected chi connectivity index (χ2v) is 7.43. The molecule has 0 saturated carbocycles. The van der Waals surface area contributed by atoms with Gasteiger partial charge in [0, 0.05) is 29.6 Å². The summed E-state index contributed by atoms with van der Waals surface area (Å²) in [7, 11) is 0. The summed E-state index contributed by atoms with van der Waals surface area (Å²) < 4.78 is 5.27. The number of hydrogen-bond donors (Lipinski definition) is 2. The van der Waals surface area contributed by atoms with Crippen LogP contribution in [-0.4, -0.2) is 24.3 Å². The van der Waals surface area contributed by atoms with Gasteiger partial charge in [-0.05, 0) is 42.8 Å². The van der Waals surface area contributed by atoms with Crippen LogP contribution in [0.5, 0.6) is 5.75 Å². The SMILES string of the molecule is CC(C)(C)C(=O)NCCCC(=O)Oc1ccc(NC(=O)c2ccccc2)cc1. The molecule has 0 aromatic heterocycles. The molecule has 0 bridgehead atoms. The number of amides is 2. The molecule has 0 fully saturated rings. The predicted molar refractivity (Wildman–Crippen MR) is 108 cm³/mol. The molecule has 0 aliphatic rings. The normalized spacial score (nSPS) is 10.8. The topological polar surface area (TPSA) is 84.5 Å². The zero-order chi connectivity index (χ0) is 20.6. The summed E-state index contributed by atoms with van der Waals surface area (Å²) in [6.45, 7) is 5.93. The highest BCUT2D eigenvalue weighted by Gasteiger charge is 2.20. The lowest BCUT2D eigenvalue weighted by Crippen LogP contribution is -2.35. The minimum Gasteiger partial charge on any atom is -0.427 e. The van der Waals surface area contributed by atoms with Gasteiger partial charge in [-0.15, -0.1) is 0 Å². The first-order valence-electron chi connectivity index (χ1n) is 9.21. The fourth-order valence-corrected chi connectivity index (χ4v) is 2.28. The van der Waals surface area contributed by atoms with Crippen molar-refractivity contribution in [3.8, 4) is 5.75 Å². The zero-order valence-corrected chi connectivity index (χ0v) is 16.5. The molecule has 0 atom stereocenters. The van der Waals surface area contributed by atoms with Gasteiger partial charge in [-0.3, -0.25) is 14.4 Å².